The van der Waals surface area contributed by atoms with E-state index in [1.54, 1.807) is 41.2 Å². The number of hydrogen-bond donors (Lipinski definition) is 0. The molecule has 0 spiro atoms. The number of benzene rings is 2. The lowest BCUT2D eigenvalue weighted by molar-refractivity contribution is -0.139. The number of carbonyl (C=O) groups is 2. The van der Waals surface area contributed by atoms with Crippen molar-refractivity contribution < 1.29 is 14.3 Å². The first kappa shape index (κ1) is 19.4. The maximum atomic E-state index is 12.7. The Kier molecular flexibility index (Phi) is 5.95. The van der Waals surface area contributed by atoms with Crippen LogP contribution in [0.1, 0.15) is 24.5 Å². The van der Waals surface area contributed by atoms with Gasteiger partial charge in [0.1, 0.15) is 12.3 Å². The zero-order valence-corrected chi connectivity index (χ0v) is 16.1. The zero-order chi connectivity index (χ0) is 20.1. The zero-order valence-electron chi connectivity index (χ0n) is 16.1. The first-order valence-corrected chi connectivity index (χ1v) is 9.25. The van der Waals surface area contributed by atoms with E-state index in [2.05, 4.69) is 6.07 Å². The van der Waals surface area contributed by atoms with Crippen LogP contribution >= 0.6 is 0 Å². The van der Waals surface area contributed by atoms with Gasteiger partial charge in [-0.15, -0.1) is 0 Å². The van der Waals surface area contributed by atoms with Crippen molar-refractivity contribution in [3.8, 4) is 11.8 Å². The quantitative estimate of drug-likeness (QED) is 0.803. The summed E-state index contributed by atoms with van der Waals surface area (Å²) in [6, 6.07) is 16.5. The van der Waals surface area contributed by atoms with Crippen LogP contribution in [0.4, 0.5) is 5.69 Å². The van der Waals surface area contributed by atoms with E-state index in [1.807, 2.05) is 31.2 Å². The normalized spacial score (nSPS) is 16.6. The van der Waals surface area contributed by atoms with Crippen LogP contribution < -0.4 is 9.64 Å². The van der Waals surface area contributed by atoms with Crippen molar-refractivity contribution in [2.45, 2.75) is 25.8 Å². The Labute approximate surface area is 164 Å². The molecule has 3 rings (SSSR count). The van der Waals surface area contributed by atoms with Crippen LogP contribution in [0.25, 0.3) is 0 Å². The lowest BCUT2D eigenvalue weighted by Gasteiger charge is -2.39. The Hall–Kier alpha value is -3.33. The van der Waals surface area contributed by atoms with E-state index in [9.17, 15) is 9.59 Å². The fraction of sp³-hybridized carbons (Fsp3) is 0.318. The molecule has 2 amide bonds. The predicted molar refractivity (Wildman–Crippen MR) is 106 cm³/mol. The summed E-state index contributed by atoms with van der Waals surface area (Å²) in [5.74, 6) is 0.616. The molecule has 0 saturated carbocycles. The molecule has 1 heterocycles. The molecule has 0 bridgehead atoms. The number of para-hydroxylation sites is 1. The number of amides is 2. The van der Waals surface area contributed by atoms with Crippen LogP contribution in [-0.2, 0) is 16.0 Å². The molecule has 1 atom stereocenters. The van der Waals surface area contributed by atoms with Crippen LogP contribution in [-0.4, -0.2) is 43.0 Å². The Morgan fingerprint density at radius 2 is 1.93 bits per heavy atom. The second-order valence-electron chi connectivity index (χ2n) is 6.85. The van der Waals surface area contributed by atoms with Gasteiger partial charge in [0.05, 0.1) is 18.7 Å². The van der Waals surface area contributed by atoms with E-state index >= 15 is 0 Å². The van der Waals surface area contributed by atoms with E-state index in [0.717, 1.165) is 17.0 Å². The van der Waals surface area contributed by atoms with Crippen LogP contribution in [0.5, 0.6) is 5.75 Å². The summed E-state index contributed by atoms with van der Waals surface area (Å²) in [5.41, 5.74) is 2.28. The van der Waals surface area contributed by atoms with Gasteiger partial charge in [0.15, 0.2) is 0 Å². The fourth-order valence-corrected chi connectivity index (χ4v) is 3.45. The molecule has 0 aliphatic carbocycles. The number of piperazine rings is 1. The Bertz CT molecular complexity index is 902. The lowest BCUT2D eigenvalue weighted by atomic mass is 10.1. The number of anilines is 1. The predicted octanol–water partition coefficient (Wildman–Crippen LogP) is 2.76. The number of ether oxygens (including phenoxy) is 1. The second-order valence-corrected chi connectivity index (χ2v) is 6.85. The molecular formula is C22H23N3O3. The van der Waals surface area contributed by atoms with E-state index < -0.39 is 0 Å². The number of methoxy groups -OCH3 is 1. The average Bonchev–Trinajstić information content (AvgIpc) is 2.73. The van der Waals surface area contributed by atoms with Crippen molar-refractivity contribution in [2.24, 2.45) is 0 Å². The number of rotatable bonds is 5. The van der Waals surface area contributed by atoms with Gasteiger partial charge in [0, 0.05) is 24.7 Å². The van der Waals surface area contributed by atoms with Crippen molar-refractivity contribution in [1.29, 1.82) is 5.26 Å². The highest BCUT2D eigenvalue weighted by atomic mass is 16.5. The number of hydrogen-bond acceptors (Lipinski definition) is 4. The maximum Gasteiger partial charge on any atom is 0.246 e. The monoisotopic (exact) mass is 377 g/mol. The molecule has 1 aliphatic rings. The molecule has 28 heavy (non-hydrogen) atoms. The molecule has 0 unspecified atom stereocenters. The number of aryl methyl sites for hydroxylation is 1. The van der Waals surface area contributed by atoms with Gasteiger partial charge < -0.3 is 14.5 Å². The van der Waals surface area contributed by atoms with Crippen LogP contribution in [0.3, 0.4) is 0 Å². The van der Waals surface area contributed by atoms with Crippen LogP contribution in [0.15, 0.2) is 48.5 Å². The summed E-state index contributed by atoms with van der Waals surface area (Å²) in [6.45, 7) is 2.45. The molecule has 1 fully saturated rings. The van der Waals surface area contributed by atoms with Gasteiger partial charge in [-0.05, 0) is 49.2 Å². The second kappa shape index (κ2) is 8.57. The van der Waals surface area contributed by atoms with Gasteiger partial charge in [0.25, 0.3) is 0 Å². The van der Waals surface area contributed by atoms with Crippen LogP contribution in [0.2, 0.25) is 0 Å². The molecule has 2 aromatic carbocycles. The summed E-state index contributed by atoms with van der Waals surface area (Å²) in [4.78, 5) is 28.7. The number of carbonyl (C=O) groups excluding carboxylic acids is 2. The molecule has 1 aliphatic heterocycles. The molecule has 144 valence electrons. The van der Waals surface area contributed by atoms with Gasteiger partial charge in [-0.2, -0.15) is 5.26 Å². The third-order valence-electron chi connectivity index (χ3n) is 5.01. The van der Waals surface area contributed by atoms with Crippen molar-refractivity contribution in [1.82, 2.24) is 4.90 Å². The first-order valence-electron chi connectivity index (χ1n) is 9.25. The molecule has 0 N–H and O–H groups in total. The smallest absolute Gasteiger partial charge is 0.246 e. The Balaban J connectivity index is 1.64. The van der Waals surface area contributed by atoms with Gasteiger partial charge in [-0.1, -0.05) is 18.2 Å². The number of nitrogens with zero attached hydrogens (tertiary/aromatic N) is 3. The summed E-state index contributed by atoms with van der Waals surface area (Å²) in [7, 11) is 1.61. The molecule has 6 nitrogen and oxygen atoms in total. The van der Waals surface area contributed by atoms with Crippen molar-refractivity contribution in [3.05, 3.63) is 59.7 Å². The molecule has 0 radical (unpaired) electrons. The van der Waals surface area contributed by atoms with Gasteiger partial charge in [-0.25, -0.2) is 0 Å². The molecule has 1 saturated heterocycles. The SMILES string of the molecule is COc1ccccc1CCC(=O)N1CC(=O)N(c2ccc(C#N)cc2)C[C@@H]1C. The van der Waals surface area contributed by atoms with E-state index in [4.69, 9.17) is 10.00 Å². The molecule has 6 heteroatoms. The minimum Gasteiger partial charge on any atom is -0.496 e. The summed E-state index contributed by atoms with van der Waals surface area (Å²) < 4.78 is 5.34. The van der Waals surface area contributed by atoms with Gasteiger partial charge in [-0.3, -0.25) is 9.59 Å². The summed E-state index contributed by atoms with van der Waals surface area (Å²) in [5, 5.41) is 8.91. The summed E-state index contributed by atoms with van der Waals surface area (Å²) >= 11 is 0. The van der Waals surface area contributed by atoms with Crippen molar-refractivity contribution in [2.75, 3.05) is 25.1 Å². The topological polar surface area (TPSA) is 73.6 Å². The minimum atomic E-state index is -0.117. The van der Waals surface area contributed by atoms with E-state index in [-0.39, 0.29) is 24.4 Å². The summed E-state index contributed by atoms with van der Waals surface area (Å²) in [6.07, 6.45) is 0.897. The minimum absolute atomic E-state index is 0.0359. The first-order chi connectivity index (χ1) is 13.5. The molecule has 0 aromatic heterocycles. The van der Waals surface area contributed by atoms with E-state index in [0.29, 0.717) is 24.9 Å². The molecule has 2 aromatic rings. The van der Waals surface area contributed by atoms with Crippen LogP contribution in [0, 0.1) is 11.3 Å². The lowest BCUT2D eigenvalue weighted by Crippen LogP contribution is -2.57. The third-order valence-corrected chi connectivity index (χ3v) is 5.01. The highest BCUT2D eigenvalue weighted by molar-refractivity contribution is 5.98. The van der Waals surface area contributed by atoms with Gasteiger partial charge >= 0.3 is 0 Å². The van der Waals surface area contributed by atoms with E-state index in [1.165, 1.54) is 0 Å². The third kappa shape index (κ3) is 4.15. The standard InChI is InChI=1S/C22H23N3O3/c1-16-14-25(19-10-7-17(13-23)8-11-19)22(27)15-24(16)21(26)12-9-18-5-3-4-6-20(18)28-2/h3-8,10-11,16H,9,12,14-15H2,1-2H3/t16-/m0/s1. The van der Waals surface area contributed by atoms with Gasteiger partial charge in [0.2, 0.25) is 11.8 Å². The van der Waals surface area contributed by atoms with Crippen molar-refractivity contribution in [3.63, 3.8) is 0 Å². The fourth-order valence-electron chi connectivity index (χ4n) is 3.45. The maximum absolute atomic E-state index is 12.7. The Morgan fingerprint density at radius 3 is 2.61 bits per heavy atom. The highest BCUT2D eigenvalue weighted by Crippen LogP contribution is 2.23. The van der Waals surface area contributed by atoms with Crippen molar-refractivity contribution >= 4 is 17.5 Å². The highest BCUT2D eigenvalue weighted by Gasteiger charge is 2.33. The largest absolute Gasteiger partial charge is 0.496 e. The Morgan fingerprint density at radius 1 is 1.21 bits per heavy atom. The molecular weight excluding hydrogens is 354 g/mol. The average molecular weight is 377 g/mol. The number of nitriles is 1.